The maximum Gasteiger partial charge on any atom is 0.245 e. The Hall–Kier alpha value is -2.87. The number of methoxy groups -OCH3 is 1. The summed E-state index contributed by atoms with van der Waals surface area (Å²) in [5.74, 6) is -0.336. The lowest BCUT2D eigenvalue weighted by molar-refractivity contribution is -0.117. The normalized spacial score (nSPS) is 12.2. The molecular weight excluding hydrogens is 448 g/mol. The van der Waals surface area contributed by atoms with Gasteiger partial charge < -0.3 is 10.1 Å². The average Bonchev–Trinajstić information content (AvgIpc) is 2.76. The summed E-state index contributed by atoms with van der Waals surface area (Å²) < 4.78 is 34.1. The summed E-state index contributed by atoms with van der Waals surface area (Å²) >= 11 is 6.02. The van der Waals surface area contributed by atoms with E-state index < -0.39 is 22.0 Å². The molecule has 0 spiro atoms. The molecule has 0 saturated heterocycles. The molecule has 8 heteroatoms. The van der Waals surface area contributed by atoms with Crippen molar-refractivity contribution in [1.82, 2.24) is 4.72 Å². The lowest BCUT2D eigenvalue weighted by Gasteiger charge is -2.20. The van der Waals surface area contributed by atoms with Crippen LogP contribution < -0.4 is 14.8 Å². The molecule has 0 unspecified atom stereocenters. The monoisotopic (exact) mass is 472 g/mol. The highest BCUT2D eigenvalue weighted by Gasteiger charge is 2.28. The lowest BCUT2D eigenvalue weighted by atomic mass is 10.1. The molecule has 0 heterocycles. The van der Waals surface area contributed by atoms with Crippen LogP contribution in [0.2, 0.25) is 5.02 Å². The predicted octanol–water partition coefficient (Wildman–Crippen LogP) is 4.49. The molecule has 0 aliphatic carbocycles. The number of anilines is 1. The van der Waals surface area contributed by atoms with Gasteiger partial charge in [-0.1, -0.05) is 48.0 Å². The summed E-state index contributed by atoms with van der Waals surface area (Å²) in [6, 6.07) is 18.0. The predicted molar refractivity (Wildman–Crippen MR) is 127 cm³/mol. The van der Waals surface area contributed by atoms with Crippen LogP contribution in [0.25, 0.3) is 0 Å². The van der Waals surface area contributed by atoms with Gasteiger partial charge in [-0.25, -0.2) is 8.42 Å². The van der Waals surface area contributed by atoms with Crippen LogP contribution in [-0.4, -0.2) is 27.5 Å². The molecule has 3 rings (SSSR count). The quantitative estimate of drug-likeness (QED) is 0.505. The minimum absolute atomic E-state index is 0.134. The molecule has 0 saturated carbocycles. The molecule has 0 radical (unpaired) electrons. The van der Waals surface area contributed by atoms with Crippen molar-refractivity contribution in [3.63, 3.8) is 0 Å². The number of aryl methyl sites for hydroxylation is 2. The van der Waals surface area contributed by atoms with E-state index in [2.05, 4.69) is 10.0 Å². The molecule has 168 valence electrons. The van der Waals surface area contributed by atoms with E-state index in [0.717, 1.165) is 16.7 Å². The fraction of sp³-hybridized carbons (Fsp3) is 0.208. The number of sulfonamides is 1. The first-order chi connectivity index (χ1) is 15.2. The van der Waals surface area contributed by atoms with Crippen molar-refractivity contribution >= 4 is 33.2 Å². The molecule has 1 atom stereocenters. The van der Waals surface area contributed by atoms with E-state index in [9.17, 15) is 13.2 Å². The van der Waals surface area contributed by atoms with Crippen LogP contribution in [0.3, 0.4) is 0 Å². The third-order valence-electron chi connectivity index (χ3n) is 5.09. The molecule has 0 aliphatic rings. The topological polar surface area (TPSA) is 84.5 Å². The van der Waals surface area contributed by atoms with Crippen molar-refractivity contribution in [2.24, 2.45) is 0 Å². The smallest absolute Gasteiger partial charge is 0.245 e. The third-order valence-corrected chi connectivity index (χ3v) is 6.81. The summed E-state index contributed by atoms with van der Waals surface area (Å²) in [7, 11) is -2.75. The Labute approximate surface area is 193 Å². The highest BCUT2D eigenvalue weighted by atomic mass is 35.5. The van der Waals surface area contributed by atoms with E-state index in [1.807, 2.05) is 56.3 Å². The SMILES string of the molecule is COc1ccc(Cl)cc1S(=O)(=O)N[C@@H](Cc1ccccc1)C(=O)Nc1ccc(C)c(C)c1. The Morgan fingerprint density at radius 2 is 1.72 bits per heavy atom. The van der Waals surface area contributed by atoms with Crippen LogP contribution in [0.4, 0.5) is 5.69 Å². The van der Waals surface area contributed by atoms with Gasteiger partial charge in [0, 0.05) is 10.7 Å². The molecule has 0 aliphatic heterocycles. The number of hydrogen-bond acceptors (Lipinski definition) is 4. The number of carbonyl (C=O) groups excluding carboxylic acids is 1. The van der Waals surface area contributed by atoms with Gasteiger partial charge in [0.05, 0.1) is 7.11 Å². The van der Waals surface area contributed by atoms with Crippen LogP contribution in [0.1, 0.15) is 16.7 Å². The fourth-order valence-electron chi connectivity index (χ4n) is 3.20. The van der Waals surface area contributed by atoms with Crippen LogP contribution >= 0.6 is 11.6 Å². The van der Waals surface area contributed by atoms with E-state index in [-0.39, 0.29) is 22.1 Å². The first kappa shape index (κ1) is 23.8. The maximum atomic E-state index is 13.2. The Morgan fingerprint density at radius 3 is 2.38 bits per heavy atom. The van der Waals surface area contributed by atoms with Gasteiger partial charge in [0.1, 0.15) is 16.7 Å². The van der Waals surface area contributed by atoms with E-state index in [1.165, 1.54) is 25.3 Å². The molecule has 1 amide bonds. The first-order valence-electron chi connectivity index (χ1n) is 9.97. The van der Waals surface area contributed by atoms with Gasteiger partial charge in [0.25, 0.3) is 0 Å². The largest absolute Gasteiger partial charge is 0.495 e. The van der Waals surface area contributed by atoms with Crippen LogP contribution in [-0.2, 0) is 21.2 Å². The van der Waals surface area contributed by atoms with Gasteiger partial charge in [0.15, 0.2) is 0 Å². The van der Waals surface area contributed by atoms with Crippen LogP contribution in [0, 0.1) is 13.8 Å². The molecule has 3 aromatic carbocycles. The zero-order valence-electron chi connectivity index (χ0n) is 18.1. The van der Waals surface area contributed by atoms with Gasteiger partial charge in [-0.05, 0) is 67.3 Å². The third kappa shape index (κ3) is 5.88. The summed E-state index contributed by atoms with van der Waals surface area (Å²) in [5, 5.41) is 3.06. The molecule has 32 heavy (non-hydrogen) atoms. The number of ether oxygens (including phenoxy) is 1. The lowest BCUT2D eigenvalue weighted by Crippen LogP contribution is -2.45. The number of rotatable bonds is 8. The molecule has 2 N–H and O–H groups in total. The Kier molecular flexibility index (Phi) is 7.56. The summed E-state index contributed by atoms with van der Waals surface area (Å²) in [5.41, 5.74) is 3.52. The first-order valence-corrected chi connectivity index (χ1v) is 11.8. The van der Waals surface area contributed by atoms with Crippen molar-refractivity contribution < 1.29 is 17.9 Å². The standard InChI is InChI=1S/C24H25ClN2O4S/c1-16-9-11-20(13-17(16)2)26-24(28)21(14-18-7-5-4-6-8-18)27-32(29,30)23-15-19(25)10-12-22(23)31-3/h4-13,15,21,27H,14H2,1-3H3,(H,26,28)/t21-/m0/s1. The second-order valence-electron chi connectivity index (χ2n) is 7.45. The Balaban J connectivity index is 1.92. The van der Waals surface area contributed by atoms with Crippen molar-refractivity contribution in [2.75, 3.05) is 12.4 Å². The highest BCUT2D eigenvalue weighted by Crippen LogP contribution is 2.27. The van der Waals surface area contributed by atoms with E-state index in [1.54, 1.807) is 6.07 Å². The minimum atomic E-state index is -4.12. The van der Waals surface area contributed by atoms with Gasteiger partial charge in [0.2, 0.25) is 15.9 Å². The van der Waals surface area contributed by atoms with Gasteiger partial charge in [-0.2, -0.15) is 4.72 Å². The fourth-order valence-corrected chi connectivity index (χ4v) is 4.82. The van der Waals surface area contributed by atoms with Crippen molar-refractivity contribution in [1.29, 1.82) is 0 Å². The summed E-state index contributed by atoms with van der Waals surface area (Å²) in [4.78, 5) is 13.0. The number of amides is 1. The molecular formula is C24H25ClN2O4S. The number of hydrogen-bond donors (Lipinski definition) is 2. The number of carbonyl (C=O) groups is 1. The average molecular weight is 473 g/mol. The van der Waals surface area contributed by atoms with Gasteiger partial charge in [-0.15, -0.1) is 0 Å². The minimum Gasteiger partial charge on any atom is -0.495 e. The molecule has 0 fully saturated rings. The molecule has 6 nitrogen and oxygen atoms in total. The van der Waals surface area contributed by atoms with Crippen LogP contribution in [0.5, 0.6) is 5.75 Å². The Morgan fingerprint density at radius 1 is 1.00 bits per heavy atom. The van der Waals surface area contributed by atoms with Crippen LogP contribution in [0.15, 0.2) is 71.6 Å². The summed E-state index contributed by atoms with van der Waals surface area (Å²) in [6.07, 6.45) is 0.166. The van der Waals surface area contributed by atoms with E-state index in [4.69, 9.17) is 16.3 Å². The summed E-state index contributed by atoms with van der Waals surface area (Å²) in [6.45, 7) is 3.92. The zero-order valence-corrected chi connectivity index (χ0v) is 19.6. The van der Waals surface area contributed by atoms with E-state index >= 15 is 0 Å². The molecule has 0 bridgehead atoms. The molecule has 3 aromatic rings. The zero-order chi connectivity index (χ0) is 23.3. The second-order valence-corrected chi connectivity index (χ2v) is 9.57. The number of benzene rings is 3. The number of nitrogens with one attached hydrogen (secondary N) is 2. The Bertz CT molecular complexity index is 1210. The van der Waals surface area contributed by atoms with Gasteiger partial charge >= 0.3 is 0 Å². The van der Waals surface area contributed by atoms with Crippen molar-refractivity contribution in [3.05, 3.63) is 88.4 Å². The van der Waals surface area contributed by atoms with E-state index in [0.29, 0.717) is 5.69 Å². The highest BCUT2D eigenvalue weighted by molar-refractivity contribution is 7.89. The second kappa shape index (κ2) is 10.2. The van der Waals surface area contributed by atoms with Crippen molar-refractivity contribution in [3.8, 4) is 5.75 Å². The molecule has 0 aromatic heterocycles. The number of halogens is 1. The van der Waals surface area contributed by atoms with Crippen molar-refractivity contribution in [2.45, 2.75) is 31.2 Å². The van der Waals surface area contributed by atoms with Gasteiger partial charge in [-0.3, -0.25) is 4.79 Å². The maximum absolute atomic E-state index is 13.2.